The van der Waals surface area contributed by atoms with E-state index in [1.54, 1.807) is 17.0 Å². The van der Waals surface area contributed by atoms with Crippen LogP contribution in [-0.2, 0) is 0 Å². The summed E-state index contributed by atoms with van der Waals surface area (Å²) < 4.78 is 0. The molecular formula is C14H21N3O. The highest BCUT2D eigenvalue weighted by molar-refractivity contribution is 5.89. The topological polar surface area (TPSA) is 58.4 Å². The van der Waals surface area contributed by atoms with Gasteiger partial charge in [-0.3, -0.25) is 0 Å². The molecule has 0 radical (unpaired) electrons. The summed E-state index contributed by atoms with van der Waals surface area (Å²) in [5, 5.41) is 2.87. The molecule has 18 heavy (non-hydrogen) atoms. The Kier molecular flexibility index (Phi) is 4.07. The van der Waals surface area contributed by atoms with Crippen molar-refractivity contribution in [1.82, 2.24) is 4.90 Å². The molecule has 1 fully saturated rings. The molecule has 0 heterocycles. The van der Waals surface area contributed by atoms with E-state index in [1.807, 2.05) is 19.2 Å². The summed E-state index contributed by atoms with van der Waals surface area (Å²) in [6.07, 6.45) is 5.11. The van der Waals surface area contributed by atoms with Gasteiger partial charge >= 0.3 is 6.03 Å². The molecule has 0 spiro atoms. The van der Waals surface area contributed by atoms with Gasteiger partial charge in [-0.15, -0.1) is 0 Å². The van der Waals surface area contributed by atoms with Gasteiger partial charge in [-0.05, 0) is 43.0 Å². The lowest BCUT2D eigenvalue weighted by Gasteiger charge is -2.21. The van der Waals surface area contributed by atoms with Crippen molar-refractivity contribution in [2.45, 2.75) is 25.7 Å². The number of carbonyl (C=O) groups is 1. The summed E-state index contributed by atoms with van der Waals surface area (Å²) >= 11 is 0. The molecule has 1 aliphatic carbocycles. The minimum absolute atomic E-state index is 0.0494. The van der Waals surface area contributed by atoms with Crippen molar-refractivity contribution in [3.8, 4) is 0 Å². The number of nitrogen functional groups attached to an aromatic ring is 1. The minimum atomic E-state index is -0.0494. The molecule has 0 aliphatic heterocycles. The number of nitrogens with two attached hydrogens (primary N) is 1. The summed E-state index contributed by atoms with van der Waals surface area (Å²) in [7, 11) is 1.85. The van der Waals surface area contributed by atoms with Crippen LogP contribution in [0.1, 0.15) is 25.7 Å². The third-order valence-corrected chi connectivity index (χ3v) is 3.52. The van der Waals surface area contributed by atoms with Crippen molar-refractivity contribution in [3.63, 3.8) is 0 Å². The van der Waals surface area contributed by atoms with Crippen molar-refractivity contribution in [3.05, 3.63) is 24.3 Å². The number of urea groups is 1. The van der Waals surface area contributed by atoms with Crippen LogP contribution in [0.5, 0.6) is 0 Å². The Morgan fingerprint density at radius 1 is 1.33 bits per heavy atom. The first-order valence-corrected chi connectivity index (χ1v) is 6.53. The van der Waals surface area contributed by atoms with E-state index >= 15 is 0 Å². The fourth-order valence-electron chi connectivity index (χ4n) is 2.45. The van der Waals surface area contributed by atoms with Crippen LogP contribution in [0.4, 0.5) is 16.2 Å². The quantitative estimate of drug-likeness (QED) is 0.807. The maximum atomic E-state index is 12.0. The van der Waals surface area contributed by atoms with Gasteiger partial charge in [-0.1, -0.05) is 12.8 Å². The first-order chi connectivity index (χ1) is 8.65. The van der Waals surface area contributed by atoms with Crippen LogP contribution in [-0.4, -0.2) is 24.5 Å². The minimum Gasteiger partial charge on any atom is -0.399 e. The van der Waals surface area contributed by atoms with E-state index in [4.69, 9.17) is 5.73 Å². The van der Waals surface area contributed by atoms with Crippen LogP contribution >= 0.6 is 0 Å². The smallest absolute Gasteiger partial charge is 0.321 e. The van der Waals surface area contributed by atoms with Gasteiger partial charge in [0.1, 0.15) is 0 Å². The average molecular weight is 247 g/mol. The highest BCUT2D eigenvalue weighted by Crippen LogP contribution is 2.25. The van der Waals surface area contributed by atoms with Crippen LogP contribution in [0.15, 0.2) is 24.3 Å². The molecule has 0 bridgehead atoms. The van der Waals surface area contributed by atoms with Crippen LogP contribution in [0.3, 0.4) is 0 Å². The summed E-state index contributed by atoms with van der Waals surface area (Å²) in [5.41, 5.74) is 7.09. The fourth-order valence-corrected chi connectivity index (χ4v) is 2.45. The third kappa shape index (κ3) is 3.39. The predicted octanol–water partition coefficient (Wildman–Crippen LogP) is 2.92. The largest absolute Gasteiger partial charge is 0.399 e. The monoisotopic (exact) mass is 247 g/mol. The number of rotatable bonds is 3. The van der Waals surface area contributed by atoms with Gasteiger partial charge < -0.3 is 16.0 Å². The van der Waals surface area contributed by atoms with Crippen LogP contribution in [0.25, 0.3) is 0 Å². The van der Waals surface area contributed by atoms with E-state index in [9.17, 15) is 4.79 Å². The van der Waals surface area contributed by atoms with Crippen molar-refractivity contribution < 1.29 is 4.79 Å². The molecule has 0 atom stereocenters. The number of nitrogens with one attached hydrogen (secondary N) is 1. The molecule has 4 nitrogen and oxygen atoms in total. The highest BCUT2D eigenvalue weighted by Gasteiger charge is 2.19. The van der Waals surface area contributed by atoms with Crippen LogP contribution in [0, 0.1) is 5.92 Å². The van der Waals surface area contributed by atoms with Crippen molar-refractivity contribution in [2.75, 3.05) is 24.6 Å². The maximum absolute atomic E-state index is 12.0. The zero-order valence-electron chi connectivity index (χ0n) is 10.9. The lowest BCUT2D eigenvalue weighted by Crippen LogP contribution is -2.34. The van der Waals surface area contributed by atoms with Gasteiger partial charge in [0.15, 0.2) is 0 Å². The molecule has 4 heteroatoms. The Hall–Kier alpha value is -1.71. The predicted molar refractivity (Wildman–Crippen MR) is 74.5 cm³/mol. The zero-order chi connectivity index (χ0) is 13.0. The third-order valence-electron chi connectivity index (χ3n) is 3.52. The second-order valence-corrected chi connectivity index (χ2v) is 5.08. The van der Waals surface area contributed by atoms with Gasteiger partial charge in [0, 0.05) is 25.0 Å². The molecule has 2 amide bonds. The first-order valence-electron chi connectivity index (χ1n) is 6.53. The van der Waals surface area contributed by atoms with E-state index in [2.05, 4.69) is 5.32 Å². The summed E-state index contributed by atoms with van der Waals surface area (Å²) in [5.74, 6) is 0.673. The first kappa shape index (κ1) is 12.7. The molecule has 3 N–H and O–H groups in total. The SMILES string of the molecule is CN(CC1CCCC1)C(=O)Nc1ccc(N)cc1. The molecule has 98 valence electrons. The van der Waals surface area contributed by atoms with Gasteiger partial charge in [-0.25, -0.2) is 4.79 Å². The van der Waals surface area contributed by atoms with Gasteiger partial charge in [-0.2, -0.15) is 0 Å². The van der Waals surface area contributed by atoms with E-state index in [0.717, 1.165) is 12.2 Å². The maximum Gasteiger partial charge on any atom is 0.321 e. The van der Waals surface area contributed by atoms with Gasteiger partial charge in [0.2, 0.25) is 0 Å². The molecule has 1 aromatic carbocycles. The normalized spacial score (nSPS) is 15.6. The second-order valence-electron chi connectivity index (χ2n) is 5.08. The van der Waals surface area contributed by atoms with Crippen LogP contribution < -0.4 is 11.1 Å². The number of hydrogen-bond donors (Lipinski definition) is 2. The number of anilines is 2. The number of amides is 2. The summed E-state index contributed by atoms with van der Waals surface area (Å²) in [6.45, 7) is 0.848. The Balaban J connectivity index is 1.84. The van der Waals surface area contributed by atoms with Crippen molar-refractivity contribution in [1.29, 1.82) is 0 Å². The molecule has 0 saturated heterocycles. The standard InChI is InChI=1S/C14H21N3O/c1-17(10-11-4-2-3-5-11)14(18)16-13-8-6-12(15)7-9-13/h6-9,11H,2-5,10,15H2,1H3,(H,16,18). The fraction of sp³-hybridized carbons (Fsp3) is 0.500. The Morgan fingerprint density at radius 2 is 1.94 bits per heavy atom. The molecule has 1 aliphatic rings. The molecule has 1 saturated carbocycles. The summed E-state index contributed by atoms with van der Waals surface area (Å²) in [4.78, 5) is 13.7. The zero-order valence-corrected chi connectivity index (χ0v) is 10.9. The second kappa shape index (κ2) is 5.76. The Labute approximate surface area is 108 Å². The van der Waals surface area contributed by atoms with Gasteiger partial charge in [0.25, 0.3) is 0 Å². The Morgan fingerprint density at radius 3 is 2.56 bits per heavy atom. The molecule has 0 aromatic heterocycles. The van der Waals surface area contributed by atoms with Crippen molar-refractivity contribution in [2.24, 2.45) is 5.92 Å². The van der Waals surface area contributed by atoms with E-state index < -0.39 is 0 Å². The van der Waals surface area contributed by atoms with E-state index in [0.29, 0.717) is 11.6 Å². The van der Waals surface area contributed by atoms with E-state index in [-0.39, 0.29) is 6.03 Å². The number of nitrogens with zero attached hydrogens (tertiary/aromatic N) is 1. The lowest BCUT2D eigenvalue weighted by atomic mass is 10.1. The van der Waals surface area contributed by atoms with Gasteiger partial charge in [0.05, 0.1) is 0 Å². The molecule has 0 unspecified atom stereocenters. The molecular weight excluding hydrogens is 226 g/mol. The average Bonchev–Trinajstić information content (AvgIpc) is 2.85. The lowest BCUT2D eigenvalue weighted by molar-refractivity contribution is 0.214. The van der Waals surface area contributed by atoms with Crippen molar-refractivity contribution >= 4 is 17.4 Å². The van der Waals surface area contributed by atoms with Crippen LogP contribution in [0.2, 0.25) is 0 Å². The summed E-state index contributed by atoms with van der Waals surface area (Å²) in [6, 6.07) is 7.15. The molecule has 1 aromatic rings. The highest BCUT2D eigenvalue weighted by atomic mass is 16.2. The Bertz CT molecular complexity index is 396. The number of carbonyl (C=O) groups excluding carboxylic acids is 1. The molecule has 2 rings (SSSR count). The number of benzene rings is 1. The number of hydrogen-bond acceptors (Lipinski definition) is 2. The van der Waals surface area contributed by atoms with E-state index in [1.165, 1.54) is 25.7 Å².